The molecule has 0 aromatic rings. The Morgan fingerprint density at radius 1 is 1.39 bits per heavy atom. The molecule has 106 valence electrons. The monoisotopic (exact) mass is 258 g/mol. The predicted octanol–water partition coefficient (Wildman–Crippen LogP) is 2.14. The molecule has 1 aliphatic rings. The Hall–Kier alpha value is -0.610. The van der Waals surface area contributed by atoms with Crippen LogP contribution in [0, 0.1) is 11.8 Å². The molecule has 18 heavy (non-hydrogen) atoms. The van der Waals surface area contributed by atoms with Gasteiger partial charge in [-0.2, -0.15) is 0 Å². The first-order valence-corrected chi connectivity index (χ1v) is 6.92. The van der Waals surface area contributed by atoms with Crippen LogP contribution in [-0.4, -0.2) is 36.5 Å². The Bertz CT molecular complexity index is 267. The van der Waals surface area contributed by atoms with Crippen LogP contribution >= 0.6 is 0 Å². The summed E-state index contributed by atoms with van der Waals surface area (Å²) in [5.41, 5.74) is 0. The van der Waals surface area contributed by atoms with Crippen molar-refractivity contribution in [1.82, 2.24) is 0 Å². The normalized spacial score (nSPS) is 28.7. The molecule has 4 nitrogen and oxygen atoms in total. The molecule has 4 heteroatoms. The molecule has 0 amide bonds. The fraction of sp³-hybridized carbons (Fsp3) is 0.929. The highest BCUT2D eigenvalue weighted by atomic mass is 16.5. The molecule has 0 unspecified atom stereocenters. The van der Waals surface area contributed by atoms with Gasteiger partial charge >= 0.3 is 5.97 Å². The third kappa shape index (κ3) is 3.69. The number of ether oxygens (including phenoxy) is 2. The largest absolute Gasteiger partial charge is 0.469 e. The van der Waals surface area contributed by atoms with Crippen molar-refractivity contribution in [3.63, 3.8) is 0 Å². The number of esters is 1. The molecule has 1 rings (SSSR count). The van der Waals surface area contributed by atoms with Gasteiger partial charge in [0.1, 0.15) is 0 Å². The molecule has 0 aromatic heterocycles. The predicted molar refractivity (Wildman–Crippen MR) is 69.2 cm³/mol. The van der Waals surface area contributed by atoms with E-state index in [9.17, 15) is 9.90 Å². The zero-order chi connectivity index (χ0) is 13.7. The van der Waals surface area contributed by atoms with Crippen molar-refractivity contribution >= 4 is 5.97 Å². The van der Waals surface area contributed by atoms with Gasteiger partial charge < -0.3 is 14.6 Å². The van der Waals surface area contributed by atoms with Crippen LogP contribution < -0.4 is 0 Å². The van der Waals surface area contributed by atoms with E-state index in [1.54, 1.807) is 0 Å². The summed E-state index contributed by atoms with van der Waals surface area (Å²) in [6.07, 6.45) is 3.23. The Labute approximate surface area is 110 Å². The minimum atomic E-state index is -0.313. The quantitative estimate of drug-likeness (QED) is 0.742. The van der Waals surface area contributed by atoms with Crippen LogP contribution in [0.25, 0.3) is 0 Å². The second-order valence-corrected chi connectivity index (χ2v) is 5.32. The average Bonchev–Trinajstić information content (AvgIpc) is 2.85. The highest BCUT2D eigenvalue weighted by Crippen LogP contribution is 2.32. The van der Waals surface area contributed by atoms with Crippen molar-refractivity contribution < 1.29 is 19.4 Å². The summed E-state index contributed by atoms with van der Waals surface area (Å²) in [6.45, 7) is 5.93. The summed E-state index contributed by atoms with van der Waals surface area (Å²) in [5.74, 6) is -0.322. The van der Waals surface area contributed by atoms with Gasteiger partial charge in [0.25, 0.3) is 0 Å². The van der Waals surface area contributed by atoms with Crippen LogP contribution in [0.4, 0.5) is 0 Å². The molecular formula is C14H26O4. The molecule has 0 saturated carbocycles. The number of aliphatic hydroxyl groups is 1. The number of rotatable bonds is 6. The SMILES string of the molecule is CCC[C@H](O)[C@H](C)[C@@H]1CC[C@H]([C@H](C)C(=O)OC)O1. The highest BCUT2D eigenvalue weighted by Gasteiger charge is 2.37. The van der Waals surface area contributed by atoms with Crippen molar-refractivity contribution in [2.45, 2.75) is 64.8 Å². The first-order valence-electron chi connectivity index (χ1n) is 6.92. The number of carbonyl (C=O) groups excluding carboxylic acids is 1. The van der Waals surface area contributed by atoms with Gasteiger partial charge in [-0.3, -0.25) is 4.79 Å². The molecule has 1 heterocycles. The van der Waals surface area contributed by atoms with E-state index >= 15 is 0 Å². The lowest BCUT2D eigenvalue weighted by Crippen LogP contribution is -2.32. The molecule has 1 fully saturated rings. The number of carbonyl (C=O) groups is 1. The molecular weight excluding hydrogens is 232 g/mol. The molecule has 1 aliphatic heterocycles. The second kappa shape index (κ2) is 7.10. The van der Waals surface area contributed by atoms with Crippen LogP contribution in [0.5, 0.6) is 0 Å². The van der Waals surface area contributed by atoms with Gasteiger partial charge in [-0.05, 0) is 26.2 Å². The minimum Gasteiger partial charge on any atom is -0.469 e. The molecule has 1 N–H and O–H groups in total. The van der Waals surface area contributed by atoms with E-state index in [0.29, 0.717) is 0 Å². The number of hydrogen-bond acceptors (Lipinski definition) is 4. The van der Waals surface area contributed by atoms with Gasteiger partial charge in [-0.15, -0.1) is 0 Å². The molecule has 0 bridgehead atoms. The van der Waals surface area contributed by atoms with Crippen LogP contribution in [0.1, 0.15) is 46.5 Å². The fourth-order valence-electron chi connectivity index (χ4n) is 2.59. The van der Waals surface area contributed by atoms with Gasteiger partial charge in [0.15, 0.2) is 0 Å². The number of hydrogen-bond donors (Lipinski definition) is 1. The van der Waals surface area contributed by atoms with Crippen LogP contribution in [0.3, 0.4) is 0 Å². The van der Waals surface area contributed by atoms with Gasteiger partial charge in [-0.25, -0.2) is 0 Å². The lowest BCUT2D eigenvalue weighted by atomic mass is 9.93. The lowest BCUT2D eigenvalue weighted by molar-refractivity contribution is -0.150. The third-order valence-corrected chi connectivity index (χ3v) is 3.99. The lowest BCUT2D eigenvalue weighted by Gasteiger charge is -2.25. The fourth-order valence-corrected chi connectivity index (χ4v) is 2.59. The molecule has 0 aliphatic carbocycles. The topological polar surface area (TPSA) is 55.8 Å². The van der Waals surface area contributed by atoms with E-state index in [0.717, 1.165) is 25.7 Å². The zero-order valence-electron chi connectivity index (χ0n) is 11.9. The van der Waals surface area contributed by atoms with E-state index in [2.05, 4.69) is 6.92 Å². The minimum absolute atomic E-state index is 0.0589. The number of methoxy groups -OCH3 is 1. The third-order valence-electron chi connectivity index (χ3n) is 3.99. The summed E-state index contributed by atoms with van der Waals surface area (Å²) in [4.78, 5) is 11.5. The molecule has 5 atom stereocenters. The van der Waals surface area contributed by atoms with Crippen LogP contribution in [0.2, 0.25) is 0 Å². The van der Waals surface area contributed by atoms with Gasteiger partial charge in [-0.1, -0.05) is 20.3 Å². The average molecular weight is 258 g/mol. The maximum absolute atomic E-state index is 11.5. The van der Waals surface area contributed by atoms with Crippen molar-refractivity contribution in [2.24, 2.45) is 11.8 Å². The van der Waals surface area contributed by atoms with E-state index in [-0.39, 0.29) is 36.1 Å². The molecule has 0 spiro atoms. The van der Waals surface area contributed by atoms with Crippen LogP contribution in [-0.2, 0) is 14.3 Å². The second-order valence-electron chi connectivity index (χ2n) is 5.32. The summed E-state index contributed by atoms with van der Waals surface area (Å²) < 4.78 is 10.7. The molecule has 0 radical (unpaired) electrons. The summed E-state index contributed by atoms with van der Waals surface area (Å²) in [6, 6.07) is 0. The van der Waals surface area contributed by atoms with E-state index < -0.39 is 0 Å². The van der Waals surface area contributed by atoms with Gasteiger partial charge in [0.05, 0.1) is 31.3 Å². The summed E-state index contributed by atoms with van der Waals surface area (Å²) in [7, 11) is 1.40. The number of aliphatic hydroxyl groups excluding tert-OH is 1. The summed E-state index contributed by atoms with van der Waals surface area (Å²) in [5, 5.41) is 9.99. The van der Waals surface area contributed by atoms with Crippen molar-refractivity contribution in [3.05, 3.63) is 0 Å². The smallest absolute Gasteiger partial charge is 0.311 e. The Morgan fingerprint density at radius 3 is 2.56 bits per heavy atom. The van der Waals surface area contributed by atoms with Crippen molar-refractivity contribution in [1.29, 1.82) is 0 Å². The Balaban J connectivity index is 2.47. The van der Waals surface area contributed by atoms with Crippen LogP contribution in [0.15, 0.2) is 0 Å². The first-order chi connectivity index (χ1) is 8.51. The molecule has 0 aromatic carbocycles. The summed E-state index contributed by atoms with van der Waals surface area (Å²) >= 11 is 0. The Morgan fingerprint density at radius 2 is 2.00 bits per heavy atom. The maximum atomic E-state index is 11.5. The Kier molecular flexibility index (Phi) is 6.09. The van der Waals surface area contributed by atoms with Gasteiger partial charge in [0, 0.05) is 5.92 Å². The van der Waals surface area contributed by atoms with Gasteiger partial charge in [0.2, 0.25) is 0 Å². The van der Waals surface area contributed by atoms with Crippen molar-refractivity contribution in [2.75, 3.05) is 7.11 Å². The first kappa shape index (κ1) is 15.4. The highest BCUT2D eigenvalue weighted by molar-refractivity contribution is 5.72. The molecule has 1 saturated heterocycles. The zero-order valence-corrected chi connectivity index (χ0v) is 11.9. The van der Waals surface area contributed by atoms with E-state index in [4.69, 9.17) is 9.47 Å². The van der Waals surface area contributed by atoms with E-state index in [1.807, 2.05) is 13.8 Å². The van der Waals surface area contributed by atoms with E-state index in [1.165, 1.54) is 7.11 Å². The van der Waals surface area contributed by atoms with Crippen molar-refractivity contribution in [3.8, 4) is 0 Å². The standard InChI is InChI=1S/C14H26O4/c1-5-6-11(15)9(2)12-7-8-13(18-12)10(3)14(16)17-4/h9-13,15H,5-8H2,1-4H3/t9-,10-,11-,12-,13+/m0/s1. The maximum Gasteiger partial charge on any atom is 0.311 e.